The normalized spacial score (nSPS) is 11.9. The van der Waals surface area contributed by atoms with Gasteiger partial charge in [0.25, 0.3) is 0 Å². The molecule has 110 valence electrons. The van der Waals surface area contributed by atoms with Crippen LogP contribution < -0.4 is 4.74 Å². The summed E-state index contributed by atoms with van der Waals surface area (Å²) in [4.78, 5) is 11.4. The first-order valence-electron chi connectivity index (χ1n) is 6.70. The number of carboxylic acid groups (broad SMARTS) is 1. The molecule has 1 N–H and O–H groups in total. The van der Waals surface area contributed by atoms with Crippen molar-refractivity contribution in [2.45, 2.75) is 17.4 Å². The van der Waals surface area contributed by atoms with Crippen molar-refractivity contribution >= 4 is 17.7 Å². The van der Waals surface area contributed by atoms with Crippen LogP contribution in [0.5, 0.6) is 5.75 Å². The van der Waals surface area contributed by atoms with E-state index in [4.69, 9.17) is 4.74 Å². The van der Waals surface area contributed by atoms with Crippen LogP contribution in [0.1, 0.15) is 11.1 Å². The number of ether oxygens (including phenoxy) is 1. The molecule has 0 amide bonds. The third kappa shape index (κ3) is 4.83. The second-order valence-corrected chi connectivity index (χ2v) is 5.87. The van der Waals surface area contributed by atoms with Crippen LogP contribution in [0.4, 0.5) is 0 Å². The first-order chi connectivity index (χ1) is 10.2. The summed E-state index contributed by atoms with van der Waals surface area (Å²) < 4.78 is 5.11. The van der Waals surface area contributed by atoms with Gasteiger partial charge in [-0.1, -0.05) is 42.5 Å². The molecule has 1 unspecified atom stereocenters. The average molecular weight is 302 g/mol. The summed E-state index contributed by atoms with van der Waals surface area (Å²) in [7, 11) is 1.63. The summed E-state index contributed by atoms with van der Waals surface area (Å²) in [6, 6.07) is 17.4. The molecular formula is C17H18O3S. The average Bonchev–Trinajstić information content (AvgIpc) is 2.52. The lowest BCUT2D eigenvalue weighted by molar-refractivity contribution is -0.136. The van der Waals surface area contributed by atoms with Crippen LogP contribution in [0, 0.1) is 0 Å². The van der Waals surface area contributed by atoms with E-state index in [1.54, 1.807) is 7.11 Å². The van der Waals surface area contributed by atoms with Gasteiger partial charge in [0.2, 0.25) is 0 Å². The molecule has 0 saturated heterocycles. The van der Waals surface area contributed by atoms with Crippen molar-refractivity contribution < 1.29 is 14.6 Å². The van der Waals surface area contributed by atoms with Gasteiger partial charge in [0.05, 0.1) is 7.11 Å². The number of aliphatic carboxylic acids is 1. The number of thioether (sulfide) groups is 1. The predicted octanol–water partition coefficient (Wildman–Crippen LogP) is 3.62. The van der Waals surface area contributed by atoms with Gasteiger partial charge >= 0.3 is 5.97 Å². The van der Waals surface area contributed by atoms with Crippen LogP contribution in [0.3, 0.4) is 0 Å². The monoisotopic (exact) mass is 302 g/mol. The van der Waals surface area contributed by atoms with Crippen LogP contribution in [0.2, 0.25) is 0 Å². The summed E-state index contributed by atoms with van der Waals surface area (Å²) in [5.74, 6) is 0.716. The molecule has 3 nitrogen and oxygen atoms in total. The van der Waals surface area contributed by atoms with Gasteiger partial charge in [0.15, 0.2) is 0 Å². The van der Waals surface area contributed by atoms with Gasteiger partial charge in [-0.05, 0) is 29.7 Å². The Labute approximate surface area is 129 Å². The second kappa shape index (κ2) is 7.74. The Morgan fingerprint density at radius 2 is 1.76 bits per heavy atom. The van der Waals surface area contributed by atoms with E-state index >= 15 is 0 Å². The Hall–Kier alpha value is -1.94. The summed E-state index contributed by atoms with van der Waals surface area (Å²) in [6.07, 6.45) is 0.539. The van der Waals surface area contributed by atoms with E-state index in [-0.39, 0.29) is 0 Å². The van der Waals surface area contributed by atoms with Gasteiger partial charge in [-0.3, -0.25) is 4.79 Å². The molecule has 0 aliphatic carbocycles. The highest BCUT2D eigenvalue weighted by molar-refractivity contribution is 7.99. The number of benzene rings is 2. The number of rotatable bonds is 7. The standard InChI is InChI=1S/C17H18O3S/c1-20-15-9-7-14(8-10-15)12-21-16(17(18)19)11-13-5-3-2-4-6-13/h2-10,16H,11-12H2,1H3,(H,18,19). The number of hydrogen-bond donors (Lipinski definition) is 1. The van der Waals surface area contributed by atoms with Gasteiger partial charge in [-0.15, -0.1) is 11.8 Å². The van der Waals surface area contributed by atoms with Gasteiger partial charge in [-0.25, -0.2) is 0 Å². The molecule has 2 aromatic carbocycles. The Morgan fingerprint density at radius 3 is 2.33 bits per heavy atom. The van der Waals surface area contributed by atoms with E-state index in [2.05, 4.69) is 0 Å². The molecule has 4 heteroatoms. The first kappa shape index (κ1) is 15.4. The third-order valence-electron chi connectivity index (χ3n) is 3.15. The highest BCUT2D eigenvalue weighted by Crippen LogP contribution is 2.23. The summed E-state index contributed by atoms with van der Waals surface area (Å²) in [5, 5.41) is 8.92. The molecule has 0 saturated carbocycles. The van der Waals surface area contributed by atoms with Crippen LogP contribution in [-0.4, -0.2) is 23.4 Å². The maximum Gasteiger partial charge on any atom is 0.316 e. The molecule has 0 bridgehead atoms. The number of hydrogen-bond acceptors (Lipinski definition) is 3. The van der Waals surface area contributed by atoms with Crippen LogP contribution in [0.15, 0.2) is 54.6 Å². The SMILES string of the molecule is COc1ccc(CSC(Cc2ccccc2)C(=O)O)cc1. The zero-order valence-electron chi connectivity index (χ0n) is 11.9. The molecule has 1 atom stereocenters. The van der Waals surface area contributed by atoms with Gasteiger partial charge in [0.1, 0.15) is 11.0 Å². The molecule has 2 aromatic rings. The second-order valence-electron chi connectivity index (χ2n) is 4.68. The van der Waals surface area contributed by atoms with E-state index < -0.39 is 11.2 Å². The molecule has 0 aromatic heterocycles. The Balaban J connectivity index is 1.95. The molecule has 0 aliphatic heterocycles. The third-order valence-corrected chi connectivity index (χ3v) is 4.42. The maximum absolute atomic E-state index is 11.4. The van der Waals surface area contributed by atoms with Crippen molar-refractivity contribution in [1.82, 2.24) is 0 Å². The van der Waals surface area contributed by atoms with E-state index in [1.807, 2.05) is 54.6 Å². The first-order valence-corrected chi connectivity index (χ1v) is 7.75. The van der Waals surface area contributed by atoms with Gasteiger partial charge in [0, 0.05) is 5.75 Å². The van der Waals surface area contributed by atoms with Crippen molar-refractivity contribution in [3.8, 4) is 5.75 Å². The lowest BCUT2D eigenvalue weighted by Gasteiger charge is -2.12. The van der Waals surface area contributed by atoms with Gasteiger partial charge < -0.3 is 9.84 Å². The molecule has 0 aliphatic rings. The van der Waals surface area contributed by atoms with Crippen molar-refractivity contribution in [3.63, 3.8) is 0 Å². The van der Waals surface area contributed by atoms with E-state index in [9.17, 15) is 9.90 Å². The molecular weight excluding hydrogens is 284 g/mol. The zero-order chi connectivity index (χ0) is 15.1. The lowest BCUT2D eigenvalue weighted by atomic mass is 10.1. The largest absolute Gasteiger partial charge is 0.497 e. The Bertz CT molecular complexity index is 566. The highest BCUT2D eigenvalue weighted by atomic mass is 32.2. The molecule has 2 rings (SSSR count). The van der Waals surface area contributed by atoms with Crippen LogP contribution >= 0.6 is 11.8 Å². The molecule has 0 fully saturated rings. The van der Waals surface area contributed by atoms with Crippen molar-refractivity contribution in [2.75, 3.05) is 7.11 Å². The highest BCUT2D eigenvalue weighted by Gasteiger charge is 2.18. The van der Waals surface area contributed by atoms with Crippen molar-refractivity contribution in [1.29, 1.82) is 0 Å². The number of carboxylic acids is 1. The summed E-state index contributed by atoms with van der Waals surface area (Å²) in [5.41, 5.74) is 2.15. The topological polar surface area (TPSA) is 46.5 Å². The summed E-state index contributed by atoms with van der Waals surface area (Å²) >= 11 is 1.45. The van der Waals surface area contributed by atoms with Crippen molar-refractivity contribution in [2.24, 2.45) is 0 Å². The minimum atomic E-state index is -0.766. The maximum atomic E-state index is 11.4. The molecule has 21 heavy (non-hydrogen) atoms. The summed E-state index contributed by atoms with van der Waals surface area (Å²) in [6.45, 7) is 0. The Morgan fingerprint density at radius 1 is 1.10 bits per heavy atom. The number of carbonyl (C=O) groups is 1. The van der Waals surface area contributed by atoms with Crippen LogP contribution in [0.25, 0.3) is 0 Å². The quantitative estimate of drug-likeness (QED) is 0.848. The predicted molar refractivity (Wildman–Crippen MR) is 85.9 cm³/mol. The van der Waals surface area contributed by atoms with E-state index in [0.29, 0.717) is 12.2 Å². The van der Waals surface area contributed by atoms with Crippen LogP contribution in [-0.2, 0) is 17.0 Å². The Kier molecular flexibility index (Phi) is 5.69. The fourth-order valence-corrected chi connectivity index (χ4v) is 3.00. The molecule has 0 spiro atoms. The van der Waals surface area contributed by atoms with E-state index in [0.717, 1.165) is 16.9 Å². The fourth-order valence-electron chi connectivity index (χ4n) is 1.96. The lowest BCUT2D eigenvalue weighted by Crippen LogP contribution is -2.19. The minimum absolute atomic E-state index is 0.436. The minimum Gasteiger partial charge on any atom is -0.497 e. The molecule has 0 radical (unpaired) electrons. The smallest absolute Gasteiger partial charge is 0.316 e. The zero-order valence-corrected chi connectivity index (χ0v) is 12.7. The fraction of sp³-hybridized carbons (Fsp3) is 0.235. The number of methoxy groups -OCH3 is 1. The van der Waals surface area contributed by atoms with E-state index in [1.165, 1.54) is 11.8 Å². The molecule has 0 heterocycles. The van der Waals surface area contributed by atoms with Crippen molar-refractivity contribution in [3.05, 3.63) is 65.7 Å². The van der Waals surface area contributed by atoms with Gasteiger partial charge in [-0.2, -0.15) is 0 Å².